The molecule has 2 aromatic heterocycles. The third-order valence-corrected chi connectivity index (χ3v) is 3.78. The molecule has 0 fully saturated rings. The summed E-state index contributed by atoms with van der Waals surface area (Å²) in [7, 11) is 0. The number of azide groups is 1. The van der Waals surface area contributed by atoms with Crippen LogP contribution in [0.1, 0.15) is 19.4 Å². The molecule has 0 bridgehead atoms. The van der Waals surface area contributed by atoms with E-state index >= 15 is 0 Å². The number of imidazole rings is 1. The highest BCUT2D eigenvalue weighted by molar-refractivity contribution is 5.75. The molecule has 0 N–H and O–H groups in total. The summed E-state index contributed by atoms with van der Waals surface area (Å²) in [5.41, 5.74) is 12.0. The lowest BCUT2D eigenvalue weighted by molar-refractivity contribution is 0.556. The highest BCUT2D eigenvalue weighted by Crippen LogP contribution is 2.46. The Morgan fingerprint density at radius 1 is 1.22 bits per heavy atom. The molecule has 0 aliphatic carbocycles. The number of hydrogen-bond donors (Lipinski definition) is 0. The molecule has 1 aliphatic heterocycles. The SMILES string of the molecule is CC1(C)N=Nc2c(N=[N+]=[N-])nn3cc(-c4ccccc4)nc3c21. The van der Waals surface area contributed by atoms with Gasteiger partial charge < -0.3 is 0 Å². The van der Waals surface area contributed by atoms with Gasteiger partial charge in [-0.15, -0.1) is 0 Å². The first-order valence-electron chi connectivity index (χ1n) is 7.07. The quantitative estimate of drug-likeness (QED) is 0.390. The normalized spacial score (nSPS) is 14.7. The molecular formula is C15H12N8. The van der Waals surface area contributed by atoms with Crippen molar-refractivity contribution >= 4 is 17.2 Å². The Morgan fingerprint density at radius 2 is 2.00 bits per heavy atom. The van der Waals surface area contributed by atoms with E-state index in [0.717, 1.165) is 16.8 Å². The zero-order valence-electron chi connectivity index (χ0n) is 12.5. The van der Waals surface area contributed by atoms with Crippen LogP contribution in [-0.4, -0.2) is 14.6 Å². The number of rotatable bonds is 2. The van der Waals surface area contributed by atoms with Crippen LogP contribution >= 0.6 is 0 Å². The van der Waals surface area contributed by atoms with Gasteiger partial charge >= 0.3 is 0 Å². The maximum absolute atomic E-state index is 8.76. The Labute approximate surface area is 131 Å². The van der Waals surface area contributed by atoms with Crippen LogP contribution in [0.25, 0.3) is 27.3 Å². The Kier molecular flexibility index (Phi) is 2.70. The minimum Gasteiger partial charge on any atom is -0.227 e. The lowest BCUT2D eigenvalue weighted by atomic mass is 9.96. The summed E-state index contributed by atoms with van der Waals surface area (Å²) >= 11 is 0. The smallest absolute Gasteiger partial charge is 0.175 e. The van der Waals surface area contributed by atoms with Crippen LogP contribution in [0, 0.1) is 0 Å². The molecule has 0 unspecified atom stereocenters. The van der Waals surface area contributed by atoms with Crippen LogP contribution in [0.4, 0.5) is 11.5 Å². The van der Waals surface area contributed by atoms with Crippen molar-refractivity contribution in [3.63, 3.8) is 0 Å². The average molecular weight is 304 g/mol. The van der Waals surface area contributed by atoms with Gasteiger partial charge in [0.05, 0.1) is 17.5 Å². The zero-order valence-corrected chi connectivity index (χ0v) is 12.5. The Hall–Kier alpha value is -3.25. The number of hydrogen-bond acceptors (Lipinski definition) is 5. The molecule has 0 saturated heterocycles. The molecule has 3 heterocycles. The number of aromatic nitrogens is 3. The number of nitrogens with zero attached hydrogens (tertiary/aromatic N) is 8. The van der Waals surface area contributed by atoms with Crippen LogP contribution in [0.5, 0.6) is 0 Å². The molecule has 3 aromatic rings. The van der Waals surface area contributed by atoms with E-state index in [2.05, 4.69) is 25.4 Å². The van der Waals surface area contributed by atoms with Gasteiger partial charge in [-0.05, 0) is 24.5 Å². The molecule has 23 heavy (non-hydrogen) atoms. The average Bonchev–Trinajstić information content (AvgIpc) is 3.09. The molecule has 0 amide bonds. The Balaban J connectivity index is 2.05. The summed E-state index contributed by atoms with van der Waals surface area (Å²) in [5, 5.41) is 16.4. The predicted molar refractivity (Wildman–Crippen MR) is 84.8 cm³/mol. The van der Waals surface area contributed by atoms with Crippen molar-refractivity contribution < 1.29 is 0 Å². The molecule has 1 aliphatic rings. The highest BCUT2D eigenvalue weighted by Gasteiger charge is 2.35. The second kappa shape index (κ2) is 4.62. The molecule has 1 aromatic carbocycles. The lowest BCUT2D eigenvalue weighted by Crippen LogP contribution is -2.12. The van der Waals surface area contributed by atoms with Crippen molar-refractivity contribution in [2.75, 3.05) is 0 Å². The minimum absolute atomic E-state index is 0.210. The fraction of sp³-hybridized carbons (Fsp3) is 0.200. The first kappa shape index (κ1) is 13.4. The summed E-state index contributed by atoms with van der Waals surface area (Å²) in [5.74, 6) is 0.210. The standard InChI is InChI=1S/C15H12N8/c1-15(2)11-12(18-21-15)13(19-22-16)20-23-8-10(17-14(11)23)9-6-4-3-5-7-9/h3-8H,1-2H3. The van der Waals surface area contributed by atoms with Crippen molar-refractivity contribution in [2.24, 2.45) is 15.3 Å². The second-order valence-electron chi connectivity index (χ2n) is 5.76. The van der Waals surface area contributed by atoms with E-state index in [0.29, 0.717) is 11.3 Å². The summed E-state index contributed by atoms with van der Waals surface area (Å²) < 4.78 is 1.63. The highest BCUT2D eigenvalue weighted by atomic mass is 15.3. The predicted octanol–water partition coefficient (Wildman–Crippen LogP) is 4.67. The Bertz CT molecular complexity index is 993. The second-order valence-corrected chi connectivity index (χ2v) is 5.76. The van der Waals surface area contributed by atoms with Crippen molar-refractivity contribution in [2.45, 2.75) is 19.4 Å². The van der Waals surface area contributed by atoms with E-state index in [9.17, 15) is 0 Å². The largest absolute Gasteiger partial charge is 0.227 e. The summed E-state index contributed by atoms with van der Waals surface area (Å²) in [4.78, 5) is 7.53. The first-order valence-corrected chi connectivity index (χ1v) is 7.07. The molecule has 0 radical (unpaired) electrons. The molecule has 0 spiro atoms. The van der Waals surface area contributed by atoms with Gasteiger partial charge in [-0.2, -0.15) is 15.3 Å². The Morgan fingerprint density at radius 3 is 2.74 bits per heavy atom. The first-order chi connectivity index (χ1) is 11.1. The maximum atomic E-state index is 8.76. The van der Waals surface area contributed by atoms with Crippen molar-refractivity contribution in [3.8, 4) is 11.3 Å². The van der Waals surface area contributed by atoms with E-state index in [-0.39, 0.29) is 5.82 Å². The molecular weight excluding hydrogens is 292 g/mol. The van der Waals surface area contributed by atoms with Gasteiger partial charge in [-0.3, -0.25) is 0 Å². The van der Waals surface area contributed by atoms with Crippen molar-refractivity contribution in [1.29, 1.82) is 0 Å². The van der Waals surface area contributed by atoms with E-state index in [1.165, 1.54) is 0 Å². The molecule has 0 saturated carbocycles. The number of benzene rings is 1. The molecule has 4 rings (SSSR count). The molecule has 0 atom stereocenters. The van der Waals surface area contributed by atoms with Gasteiger partial charge in [-0.1, -0.05) is 30.3 Å². The number of fused-ring (bicyclic) bond motifs is 3. The summed E-state index contributed by atoms with van der Waals surface area (Å²) in [6.45, 7) is 3.89. The van der Waals surface area contributed by atoms with Gasteiger partial charge in [0, 0.05) is 10.5 Å². The topological polar surface area (TPSA) is 104 Å². The third-order valence-electron chi connectivity index (χ3n) is 3.78. The fourth-order valence-electron chi connectivity index (χ4n) is 2.73. The number of azo groups is 1. The van der Waals surface area contributed by atoms with Crippen molar-refractivity contribution in [3.05, 3.63) is 52.5 Å². The van der Waals surface area contributed by atoms with Crippen LogP contribution in [0.2, 0.25) is 0 Å². The zero-order chi connectivity index (χ0) is 16.0. The molecule has 8 nitrogen and oxygen atoms in total. The van der Waals surface area contributed by atoms with Crippen LogP contribution < -0.4 is 0 Å². The van der Waals surface area contributed by atoms with Gasteiger partial charge in [0.1, 0.15) is 11.2 Å². The third kappa shape index (κ3) is 1.96. The van der Waals surface area contributed by atoms with Crippen LogP contribution in [0.15, 0.2) is 51.9 Å². The van der Waals surface area contributed by atoms with E-state index in [4.69, 9.17) is 10.5 Å². The van der Waals surface area contributed by atoms with Crippen LogP contribution in [0.3, 0.4) is 0 Å². The lowest BCUT2D eigenvalue weighted by Gasteiger charge is -2.14. The molecule has 112 valence electrons. The van der Waals surface area contributed by atoms with E-state index in [1.54, 1.807) is 4.52 Å². The maximum Gasteiger partial charge on any atom is 0.175 e. The molecule has 8 heteroatoms. The van der Waals surface area contributed by atoms with E-state index in [1.807, 2.05) is 50.4 Å². The van der Waals surface area contributed by atoms with Gasteiger partial charge in [0.15, 0.2) is 11.5 Å². The van der Waals surface area contributed by atoms with Gasteiger partial charge in [-0.25, -0.2) is 9.50 Å². The van der Waals surface area contributed by atoms with Crippen LogP contribution in [-0.2, 0) is 5.54 Å². The fourth-order valence-corrected chi connectivity index (χ4v) is 2.73. The minimum atomic E-state index is -0.543. The van der Waals surface area contributed by atoms with Gasteiger partial charge in [0.25, 0.3) is 0 Å². The summed E-state index contributed by atoms with van der Waals surface area (Å²) in [6, 6.07) is 9.83. The monoisotopic (exact) mass is 304 g/mol. The van der Waals surface area contributed by atoms with E-state index < -0.39 is 5.54 Å². The van der Waals surface area contributed by atoms with Crippen molar-refractivity contribution in [1.82, 2.24) is 14.6 Å². The van der Waals surface area contributed by atoms with Gasteiger partial charge in [0.2, 0.25) is 0 Å². The summed E-state index contributed by atoms with van der Waals surface area (Å²) in [6.07, 6.45) is 1.82.